The van der Waals surface area contributed by atoms with E-state index < -0.39 is 0 Å². The van der Waals surface area contributed by atoms with Gasteiger partial charge in [-0.1, -0.05) is 18.2 Å². The Morgan fingerprint density at radius 3 is 2.73 bits per heavy atom. The number of hydrogen-bond donors (Lipinski definition) is 1. The van der Waals surface area contributed by atoms with Gasteiger partial charge in [-0.05, 0) is 23.7 Å². The zero-order valence-corrected chi connectivity index (χ0v) is 8.91. The molecule has 1 heterocycles. The maximum Gasteiger partial charge on any atom is 0.232 e. The van der Waals surface area contributed by atoms with E-state index in [0.29, 0.717) is 12.6 Å². The van der Waals surface area contributed by atoms with Crippen molar-refractivity contribution in [3.8, 4) is 5.75 Å². The third kappa shape index (κ3) is 2.92. The third-order valence-corrected chi connectivity index (χ3v) is 2.60. The number of nitrogen functional groups attached to an aromatic ring is 1. The molecule has 5 heteroatoms. The van der Waals surface area contributed by atoms with Crippen molar-refractivity contribution in [2.45, 2.75) is 6.42 Å². The fourth-order valence-electron chi connectivity index (χ4n) is 1.14. The predicted octanol–water partition coefficient (Wildman–Crippen LogP) is 1.74. The lowest BCUT2D eigenvalue weighted by Gasteiger charge is -2.03. The van der Waals surface area contributed by atoms with E-state index >= 15 is 0 Å². The Labute approximate surface area is 91.9 Å². The zero-order chi connectivity index (χ0) is 10.5. The van der Waals surface area contributed by atoms with Crippen LogP contribution in [0.3, 0.4) is 0 Å². The Balaban J connectivity index is 1.80. The number of nitrogens with two attached hydrogens (primary N) is 1. The summed E-state index contributed by atoms with van der Waals surface area (Å²) in [5.74, 6) is 1.21. The lowest BCUT2D eigenvalue weighted by atomic mass is 10.3. The first-order chi connectivity index (χ1) is 7.34. The molecule has 0 radical (unpaired) electrons. The summed E-state index contributed by atoms with van der Waals surface area (Å²) in [5, 5.41) is 0.906. The molecule has 0 unspecified atom stereocenters. The summed E-state index contributed by atoms with van der Waals surface area (Å²) in [6.45, 7) is 0.596. The Morgan fingerprint density at radius 1 is 1.27 bits per heavy atom. The molecule has 4 nitrogen and oxygen atoms in total. The van der Waals surface area contributed by atoms with Crippen molar-refractivity contribution in [2.75, 3.05) is 12.3 Å². The van der Waals surface area contributed by atoms with Gasteiger partial charge in [0.1, 0.15) is 10.8 Å². The van der Waals surface area contributed by atoms with E-state index in [-0.39, 0.29) is 0 Å². The van der Waals surface area contributed by atoms with E-state index in [1.807, 2.05) is 30.3 Å². The minimum absolute atomic E-state index is 0.342. The molecule has 2 rings (SSSR count). The quantitative estimate of drug-likeness (QED) is 0.854. The van der Waals surface area contributed by atoms with Crippen LogP contribution in [0.4, 0.5) is 5.95 Å². The molecule has 0 aliphatic rings. The van der Waals surface area contributed by atoms with Crippen molar-refractivity contribution in [1.82, 2.24) is 9.36 Å². The summed E-state index contributed by atoms with van der Waals surface area (Å²) < 4.78 is 9.41. The van der Waals surface area contributed by atoms with Crippen LogP contribution in [-0.2, 0) is 6.42 Å². The lowest BCUT2D eigenvalue weighted by Crippen LogP contribution is -2.01. The predicted molar refractivity (Wildman–Crippen MR) is 60.0 cm³/mol. The van der Waals surface area contributed by atoms with Crippen LogP contribution in [0, 0.1) is 0 Å². The highest BCUT2D eigenvalue weighted by Crippen LogP contribution is 2.10. The number of hydrogen-bond acceptors (Lipinski definition) is 5. The number of rotatable bonds is 4. The van der Waals surface area contributed by atoms with Gasteiger partial charge >= 0.3 is 0 Å². The molecule has 0 atom stereocenters. The van der Waals surface area contributed by atoms with Crippen molar-refractivity contribution in [2.24, 2.45) is 0 Å². The average molecular weight is 221 g/mol. The molecule has 0 saturated carbocycles. The molecule has 0 fully saturated rings. The fourth-order valence-corrected chi connectivity index (χ4v) is 1.69. The van der Waals surface area contributed by atoms with Crippen LogP contribution in [0.1, 0.15) is 5.01 Å². The van der Waals surface area contributed by atoms with Crippen molar-refractivity contribution < 1.29 is 4.74 Å². The number of para-hydroxylation sites is 1. The first-order valence-electron chi connectivity index (χ1n) is 4.60. The molecule has 1 aromatic carbocycles. The van der Waals surface area contributed by atoms with Crippen LogP contribution >= 0.6 is 11.5 Å². The smallest absolute Gasteiger partial charge is 0.232 e. The highest BCUT2D eigenvalue weighted by atomic mass is 32.1. The fraction of sp³-hybridized carbons (Fsp3) is 0.200. The van der Waals surface area contributed by atoms with E-state index in [9.17, 15) is 0 Å². The summed E-state index contributed by atoms with van der Waals surface area (Å²) >= 11 is 1.32. The normalized spacial score (nSPS) is 10.1. The van der Waals surface area contributed by atoms with Crippen LogP contribution in [0.25, 0.3) is 0 Å². The van der Waals surface area contributed by atoms with Crippen LogP contribution < -0.4 is 10.5 Å². The molecule has 2 aromatic rings. The first kappa shape index (κ1) is 9.92. The van der Waals surface area contributed by atoms with Gasteiger partial charge < -0.3 is 10.5 Å². The van der Waals surface area contributed by atoms with Gasteiger partial charge in [0.2, 0.25) is 5.95 Å². The molecule has 2 N–H and O–H groups in total. The molecule has 0 spiro atoms. The van der Waals surface area contributed by atoms with Gasteiger partial charge in [-0.15, -0.1) is 0 Å². The third-order valence-electron chi connectivity index (χ3n) is 1.81. The molecule has 0 aliphatic heterocycles. The van der Waals surface area contributed by atoms with E-state index in [1.54, 1.807) is 0 Å². The molecule has 1 aromatic heterocycles. The second-order valence-corrected chi connectivity index (χ2v) is 3.79. The maximum atomic E-state index is 5.52. The van der Waals surface area contributed by atoms with Crippen LogP contribution in [0.5, 0.6) is 5.75 Å². The summed E-state index contributed by atoms with van der Waals surface area (Å²) in [7, 11) is 0. The second kappa shape index (κ2) is 4.75. The van der Waals surface area contributed by atoms with Gasteiger partial charge in [0.05, 0.1) is 6.61 Å². The molecule has 0 aliphatic carbocycles. The molecule has 0 bridgehead atoms. The van der Waals surface area contributed by atoms with E-state index in [2.05, 4.69) is 9.36 Å². The Kier molecular flexibility index (Phi) is 3.14. The summed E-state index contributed by atoms with van der Waals surface area (Å²) in [4.78, 5) is 4.05. The summed E-state index contributed by atoms with van der Waals surface area (Å²) in [6, 6.07) is 9.69. The van der Waals surface area contributed by atoms with Crippen LogP contribution in [0.2, 0.25) is 0 Å². The highest BCUT2D eigenvalue weighted by molar-refractivity contribution is 7.05. The lowest BCUT2D eigenvalue weighted by molar-refractivity contribution is 0.322. The van der Waals surface area contributed by atoms with Crippen molar-refractivity contribution >= 4 is 17.5 Å². The molecular weight excluding hydrogens is 210 g/mol. The maximum absolute atomic E-state index is 5.52. The Morgan fingerprint density at radius 2 is 2.07 bits per heavy atom. The number of aromatic nitrogens is 2. The molecule has 0 saturated heterocycles. The van der Waals surface area contributed by atoms with Gasteiger partial charge in [-0.25, -0.2) is 4.98 Å². The van der Waals surface area contributed by atoms with Crippen LogP contribution in [-0.4, -0.2) is 16.0 Å². The average Bonchev–Trinajstić information content (AvgIpc) is 2.66. The summed E-state index contributed by atoms with van der Waals surface area (Å²) in [6.07, 6.45) is 0.740. The molecular formula is C10H11N3OS. The Hall–Kier alpha value is -1.62. The Bertz CT molecular complexity index is 416. The van der Waals surface area contributed by atoms with E-state index in [1.165, 1.54) is 11.5 Å². The number of ether oxygens (including phenoxy) is 1. The van der Waals surface area contributed by atoms with E-state index in [4.69, 9.17) is 10.5 Å². The largest absolute Gasteiger partial charge is 0.493 e. The second-order valence-electron chi connectivity index (χ2n) is 2.96. The van der Waals surface area contributed by atoms with Gasteiger partial charge in [-0.3, -0.25) is 0 Å². The monoisotopic (exact) mass is 221 g/mol. The zero-order valence-electron chi connectivity index (χ0n) is 8.09. The van der Waals surface area contributed by atoms with Crippen molar-refractivity contribution in [3.63, 3.8) is 0 Å². The summed E-state index contributed by atoms with van der Waals surface area (Å²) in [5.41, 5.74) is 5.41. The van der Waals surface area contributed by atoms with E-state index in [0.717, 1.165) is 17.2 Å². The van der Waals surface area contributed by atoms with Gasteiger partial charge in [-0.2, -0.15) is 4.37 Å². The van der Waals surface area contributed by atoms with Gasteiger partial charge in [0, 0.05) is 6.42 Å². The molecule has 0 amide bonds. The standard InChI is InChI=1S/C10H11N3OS/c11-10-12-9(15-13-10)6-7-14-8-4-2-1-3-5-8/h1-5H,6-7H2,(H2,11,13). The number of nitrogens with zero attached hydrogens (tertiary/aromatic N) is 2. The molecule has 15 heavy (non-hydrogen) atoms. The van der Waals surface area contributed by atoms with Crippen molar-refractivity contribution in [3.05, 3.63) is 35.3 Å². The van der Waals surface area contributed by atoms with Gasteiger partial charge in [0.25, 0.3) is 0 Å². The molecule has 78 valence electrons. The number of benzene rings is 1. The van der Waals surface area contributed by atoms with Crippen molar-refractivity contribution in [1.29, 1.82) is 0 Å². The van der Waals surface area contributed by atoms with Gasteiger partial charge in [0.15, 0.2) is 0 Å². The van der Waals surface area contributed by atoms with Crippen LogP contribution in [0.15, 0.2) is 30.3 Å². The number of anilines is 1. The topological polar surface area (TPSA) is 61.0 Å². The highest BCUT2D eigenvalue weighted by Gasteiger charge is 2.00. The minimum atomic E-state index is 0.342. The minimum Gasteiger partial charge on any atom is -0.493 e. The SMILES string of the molecule is Nc1nsc(CCOc2ccccc2)n1. The first-order valence-corrected chi connectivity index (χ1v) is 5.38.